The molecule has 0 unspecified atom stereocenters. The predicted molar refractivity (Wildman–Crippen MR) is 73.7 cm³/mol. The van der Waals surface area contributed by atoms with E-state index in [9.17, 15) is 0 Å². The molecule has 1 N–H and O–H groups in total. The molecule has 1 heterocycles. The largest absolute Gasteiger partial charge is 0.493 e. The van der Waals surface area contributed by atoms with E-state index in [1.165, 1.54) is 43.2 Å². The van der Waals surface area contributed by atoms with Crippen molar-refractivity contribution in [3.8, 4) is 5.75 Å². The number of rotatable bonds is 3. The zero-order valence-corrected chi connectivity index (χ0v) is 11.3. The molecule has 0 radical (unpaired) electrons. The van der Waals surface area contributed by atoms with Crippen LogP contribution in [0.3, 0.4) is 0 Å². The highest BCUT2D eigenvalue weighted by Crippen LogP contribution is 2.36. The van der Waals surface area contributed by atoms with Crippen LogP contribution in [0.25, 0.3) is 0 Å². The maximum absolute atomic E-state index is 6.05. The fraction of sp³-hybridized carbons (Fsp3) is 0.625. The second-order valence-electron chi connectivity index (χ2n) is 6.19. The van der Waals surface area contributed by atoms with Crippen molar-refractivity contribution in [1.29, 1.82) is 0 Å². The fourth-order valence-electron chi connectivity index (χ4n) is 3.17. The topological polar surface area (TPSA) is 21.3 Å². The van der Waals surface area contributed by atoms with E-state index in [-0.39, 0.29) is 0 Å². The van der Waals surface area contributed by atoms with Crippen LogP contribution >= 0.6 is 0 Å². The maximum atomic E-state index is 6.05. The van der Waals surface area contributed by atoms with Crippen molar-refractivity contribution in [3.05, 3.63) is 29.3 Å². The van der Waals surface area contributed by atoms with Gasteiger partial charge in [0.1, 0.15) is 5.75 Å². The van der Waals surface area contributed by atoms with Crippen molar-refractivity contribution < 1.29 is 4.74 Å². The van der Waals surface area contributed by atoms with Gasteiger partial charge in [-0.15, -0.1) is 0 Å². The summed E-state index contributed by atoms with van der Waals surface area (Å²) in [5, 5.41) is 3.37. The number of fused-ring (bicyclic) bond motifs is 1. The van der Waals surface area contributed by atoms with Gasteiger partial charge in [0.15, 0.2) is 0 Å². The van der Waals surface area contributed by atoms with Crippen LogP contribution in [0.1, 0.15) is 50.2 Å². The molecule has 1 aromatic rings. The van der Waals surface area contributed by atoms with Gasteiger partial charge in [-0.05, 0) is 36.1 Å². The van der Waals surface area contributed by atoms with Crippen molar-refractivity contribution in [2.75, 3.05) is 6.61 Å². The second-order valence-corrected chi connectivity index (χ2v) is 6.19. The number of hydrogen-bond acceptors (Lipinski definition) is 2. The Morgan fingerprint density at radius 3 is 2.72 bits per heavy atom. The molecule has 1 fully saturated rings. The van der Waals surface area contributed by atoms with Gasteiger partial charge in [0, 0.05) is 18.5 Å². The molecule has 0 aromatic heterocycles. The van der Waals surface area contributed by atoms with Gasteiger partial charge < -0.3 is 10.1 Å². The number of benzene rings is 1. The molecular weight excluding hydrogens is 222 g/mol. The van der Waals surface area contributed by atoms with Gasteiger partial charge in [-0.25, -0.2) is 0 Å². The number of hydrogen-bond donors (Lipinski definition) is 1. The molecule has 2 nitrogen and oxygen atoms in total. The molecule has 0 atom stereocenters. The minimum Gasteiger partial charge on any atom is -0.493 e. The number of ether oxygens (including phenoxy) is 1. The molecule has 3 rings (SSSR count). The Labute approximate surface area is 110 Å². The molecule has 0 amide bonds. The van der Waals surface area contributed by atoms with E-state index in [1.54, 1.807) is 0 Å². The van der Waals surface area contributed by atoms with Crippen molar-refractivity contribution in [3.63, 3.8) is 0 Å². The van der Waals surface area contributed by atoms with E-state index in [1.807, 2.05) is 0 Å². The summed E-state index contributed by atoms with van der Waals surface area (Å²) >= 11 is 0. The summed E-state index contributed by atoms with van der Waals surface area (Å²) in [6.07, 6.45) is 6.78. The van der Waals surface area contributed by atoms with Crippen LogP contribution in [0.15, 0.2) is 18.2 Å². The highest BCUT2D eigenvalue weighted by atomic mass is 16.5. The third-order valence-electron chi connectivity index (χ3n) is 4.46. The third kappa shape index (κ3) is 2.54. The van der Waals surface area contributed by atoms with Crippen molar-refractivity contribution >= 4 is 0 Å². The van der Waals surface area contributed by atoms with Gasteiger partial charge in [0.05, 0.1) is 6.61 Å². The van der Waals surface area contributed by atoms with Crippen molar-refractivity contribution in [1.82, 2.24) is 5.32 Å². The SMILES string of the molecule is CC1(COc2ccc3c(c2)CNC3)CCCCC1. The van der Waals surface area contributed by atoms with Crippen molar-refractivity contribution in [2.24, 2.45) is 5.41 Å². The van der Waals surface area contributed by atoms with E-state index >= 15 is 0 Å². The average molecular weight is 245 g/mol. The first-order valence-electron chi connectivity index (χ1n) is 7.21. The molecule has 0 saturated heterocycles. The smallest absolute Gasteiger partial charge is 0.119 e. The summed E-state index contributed by atoms with van der Waals surface area (Å²) in [7, 11) is 0. The lowest BCUT2D eigenvalue weighted by molar-refractivity contribution is 0.116. The Morgan fingerprint density at radius 2 is 1.89 bits per heavy atom. The van der Waals surface area contributed by atoms with Gasteiger partial charge in [-0.2, -0.15) is 0 Å². The van der Waals surface area contributed by atoms with Crippen LogP contribution < -0.4 is 10.1 Å². The van der Waals surface area contributed by atoms with E-state index in [4.69, 9.17) is 4.74 Å². The average Bonchev–Trinajstić information content (AvgIpc) is 2.85. The lowest BCUT2D eigenvalue weighted by Gasteiger charge is -2.33. The van der Waals surface area contributed by atoms with E-state index < -0.39 is 0 Å². The summed E-state index contributed by atoms with van der Waals surface area (Å²) in [6, 6.07) is 6.54. The lowest BCUT2D eigenvalue weighted by atomic mass is 9.76. The summed E-state index contributed by atoms with van der Waals surface area (Å²) in [5.41, 5.74) is 3.22. The van der Waals surface area contributed by atoms with Crippen LogP contribution in [-0.4, -0.2) is 6.61 Å². The summed E-state index contributed by atoms with van der Waals surface area (Å²) in [6.45, 7) is 5.25. The van der Waals surface area contributed by atoms with Gasteiger partial charge in [-0.1, -0.05) is 32.3 Å². The standard InChI is InChI=1S/C16H23NO/c1-16(7-3-2-4-8-16)12-18-15-6-5-13-10-17-11-14(13)9-15/h5-6,9,17H,2-4,7-8,10-12H2,1H3. The Kier molecular flexibility index (Phi) is 3.29. The zero-order valence-electron chi connectivity index (χ0n) is 11.3. The van der Waals surface area contributed by atoms with E-state index in [2.05, 4.69) is 30.4 Å². The molecule has 1 saturated carbocycles. The Balaban J connectivity index is 1.62. The Morgan fingerprint density at radius 1 is 1.11 bits per heavy atom. The Hall–Kier alpha value is -1.02. The second kappa shape index (κ2) is 4.93. The van der Waals surface area contributed by atoms with E-state index in [0.29, 0.717) is 5.41 Å². The van der Waals surface area contributed by atoms with Crippen LogP contribution in [-0.2, 0) is 13.1 Å². The molecule has 18 heavy (non-hydrogen) atoms. The molecule has 1 aromatic carbocycles. The lowest BCUT2D eigenvalue weighted by Crippen LogP contribution is -2.27. The van der Waals surface area contributed by atoms with E-state index in [0.717, 1.165) is 25.4 Å². The molecule has 2 aliphatic rings. The third-order valence-corrected chi connectivity index (χ3v) is 4.46. The predicted octanol–water partition coefficient (Wildman–Crippen LogP) is 3.64. The molecule has 0 bridgehead atoms. The molecular formula is C16H23NO. The normalized spacial score (nSPS) is 21.6. The monoisotopic (exact) mass is 245 g/mol. The molecule has 98 valence electrons. The zero-order chi connectivity index (χ0) is 12.4. The molecule has 1 aliphatic heterocycles. The van der Waals surface area contributed by atoms with Gasteiger partial charge >= 0.3 is 0 Å². The van der Waals surface area contributed by atoms with Crippen molar-refractivity contribution in [2.45, 2.75) is 52.1 Å². The summed E-state index contributed by atoms with van der Waals surface area (Å²) < 4.78 is 6.05. The minimum atomic E-state index is 0.398. The minimum absolute atomic E-state index is 0.398. The van der Waals surface area contributed by atoms with Crippen LogP contribution in [0, 0.1) is 5.41 Å². The maximum Gasteiger partial charge on any atom is 0.119 e. The fourth-order valence-corrected chi connectivity index (χ4v) is 3.17. The van der Waals surface area contributed by atoms with Gasteiger partial charge in [0.25, 0.3) is 0 Å². The highest BCUT2D eigenvalue weighted by molar-refractivity contribution is 5.37. The van der Waals surface area contributed by atoms with Gasteiger partial charge in [0.2, 0.25) is 0 Å². The van der Waals surface area contributed by atoms with Crippen LogP contribution in [0.2, 0.25) is 0 Å². The summed E-state index contributed by atoms with van der Waals surface area (Å²) in [5.74, 6) is 1.05. The quantitative estimate of drug-likeness (QED) is 0.878. The number of nitrogens with one attached hydrogen (secondary N) is 1. The Bertz CT molecular complexity index is 421. The molecule has 1 aliphatic carbocycles. The molecule has 0 spiro atoms. The van der Waals surface area contributed by atoms with Crippen LogP contribution in [0.4, 0.5) is 0 Å². The van der Waals surface area contributed by atoms with Gasteiger partial charge in [-0.3, -0.25) is 0 Å². The highest BCUT2D eigenvalue weighted by Gasteiger charge is 2.27. The molecule has 2 heteroatoms. The first-order valence-corrected chi connectivity index (χ1v) is 7.21. The first-order chi connectivity index (χ1) is 8.75. The van der Waals surface area contributed by atoms with Crippen LogP contribution in [0.5, 0.6) is 5.75 Å². The summed E-state index contributed by atoms with van der Waals surface area (Å²) in [4.78, 5) is 0. The first kappa shape index (κ1) is 12.0.